The van der Waals surface area contributed by atoms with Gasteiger partial charge in [-0.25, -0.2) is 0 Å². The van der Waals surface area contributed by atoms with Gasteiger partial charge < -0.3 is 4.74 Å². The number of carbonyl (C=O) groups is 1. The molecule has 0 spiro atoms. The van der Waals surface area contributed by atoms with Crippen LogP contribution in [0.15, 0.2) is 0 Å². The monoisotopic (exact) mass is 288 g/mol. The summed E-state index contributed by atoms with van der Waals surface area (Å²) in [6, 6.07) is 0. The third-order valence-electron chi connectivity index (χ3n) is 3.27. The topological polar surface area (TPSA) is 26.3 Å². The summed E-state index contributed by atoms with van der Waals surface area (Å²) >= 11 is 1.69. The lowest BCUT2D eigenvalue weighted by molar-refractivity contribution is -0.143. The predicted molar refractivity (Wildman–Crippen MR) is 85.8 cm³/mol. The van der Waals surface area contributed by atoms with Crippen LogP contribution in [0.2, 0.25) is 0 Å². The maximum absolute atomic E-state index is 11.2. The molecule has 3 heteroatoms. The maximum Gasteiger partial charge on any atom is 0.306 e. The zero-order chi connectivity index (χ0) is 14.2. The normalized spacial score (nSPS) is 10.6. The summed E-state index contributed by atoms with van der Waals surface area (Å²) in [7, 11) is 0. The Hall–Kier alpha value is -0.180. The molecule has 0 aromatic heterocycles. The zero-order valence-corrected chi connectivity index (χ0v) is 13.7. The standard InChI is InChI=1S/C16H32O2S/c1-3-4-5-6-7-8-9-10-11-12-14-18-16(17)13-15-19-2/h3-15H2,1-2H3. The Morgan fingerprint density at radius 3 is 1.95 bits per heavy atom. The molecule has 0 aromatic carbocycles. The van der Waals surface area contributed by atoms with Crippen LogP contribution in [-0.2, 0) is 9.53 Å². The molecule has 0 heterocycles. The molecule has 0 aromatic rings. The molecule has 2 nitrogen and oxygen atoms in total. The van der Waals surface area contributed by atoms with E-state index in [0.29, 0.717) is 13.0 Å². The van der Waals surface area contributed by atoms with Crippen LogP contribution in [0.5, 0.6) is 0 Å². The summed E-state index contributed by atoms with van der Waals surface area (Å²) in [5.74, 6) is 0.835. The number of thioether (sulfide) groups is 1. The summed E-state index contributed by atoms with van der Waals surface area (Å²) < 4.78 is 5.16. The fourth-order valence-electron chi connectivity index (χ4n) is 2.03. The minimum atomic E-state index is -0.0368. The Bertz CT molecular complexity index is 195. The first-order valence-corrected chi connectivity index (χ1v) is 9.35. The van der Waals surface area contributed by atoms with E-state index in [1.165, 1.54) is 57.8 Å². The molecule has 0 radical (unpaired) electrons. The lowest BCUT2D eigenvalue weighted by Gasteiger charge is -2.04. The van der Waals surface area contributed by atoms with Crippen molar-refractivity contribution < 1.29 is 9.53 Å². The SMILES string of the molecule is CCCCCCCCCCCCOC(=O)CCSC. The number of unbranched alkanes of at least 4 members (excludes halogenated alkanes) is 9. The van der Waals surface area contributed by atoms with Gasteiger partial charge in [0.05, 0.1) is 13.0 Å². The molecule has 114 valence electrons. The molecule has 0 amide bonds. The summed E-state index contributed by atoms with van der Waals surface area (Å²) in [5, 5.41) is 0. The average molecular weight is 288 g/mol. The summed E-state index contributed by atoms with van der Waals surface area (Å²) in [6.45, 7) is 2.87. The first kappa shape index (κ1) is 18.8. The number of hydrogen-bond donors (Lipinski definition) is 0. The molecule has 0 aliphatic rings. The highest BCUT2D eigenvalue weighted by molar-refractivity contribution is 7.98. The van der Waals surface area contributed by atoms with Gasteiger partial charge in [0, 0.05) is 5.75 Å². The minimum Gasteiger partial charge on any atom is -0.466 e. The number of ether oxygens (including phenoxy) is 1. The van der Waals surface area contributed by atoms with Crippen LogP contribution < -0.4 is 0 Å². The Balaban J connectivity index is 3.04. The van der Waals surface area contributed by atoms with Crippen molar-refractivity contribution in [3.8, 4) is 0 Å². The first-order chi connectivity index (χ1) is 9.31. The molecule has 0 saturated heterocycles. The molecule has 0 N–H and O–H groups in total. The van der Waals surface area contributed by atoms with Crippen molar-refractivity contribution in [2.24, 2.45) is 0 Å². The van der Waals surface area contributed by atoms with Gasteiger partial charge in [0.25, 0.3) is 0 Å². The van der Waals surface area contributed by atoms with Crippen LogP contribution in [0.4, 0.5) is 0 Å². The fourth-order valence-corrected chi connectivity index (χ4v) is 2.40. The number of carbonyl (C=O) groups excluding carboxylic acids is 1. The predicted octanol–water partition coefficient (Wildman–Crippen LogP) is 5.20. The third-order valence-corrected chi connectivity index (χ3v) is 3.88. The highest BCUT2D eigenvalue weighted by Gasteiger charge is 2.01. The van der Waals surface area contributed by atoms with Crippen molar-refractivity contribution in [3.63, 3.8) is 0 Å². The van der Waals surface area contributed by atoms with Crippen LogP contribution in [0.3, 0.4) is 0 Å². The van der Waals surface area contributed by atoms with E-state index in [-0.39, 0.29) is 5.97 Å². The van der Waals surface area contributed by atoms with Gasteiger partial charge in [-0.3, -0.25) is 4.79 Å². The minimum absolute atomic E-state index is 0.0368. The lowest BCUT2D eigenvalue weighted by Crippen LogP contribution is -2.06. The van der Waals surface area contributed by atoms with E-state index in [2.05, 4.69) is 6.92 Å². The zero-order valence-electron chi connectivity index (χ0n) is 12.9. The second-order valence-corrected chi connectivity index (χ2v) is 6.13. The molecule has 0 bridgehead atoms. The van der Waals surface area contributed by atoms with Crippen LogP contribution >= 0.6 is 11.8 Å². The number of hydrogen-bond acceptors (Lipinski definition) is 3. The number of esters is 1. The number of rotatable bonds is 14. The highest BCUT2D eigenvalue weighted by atomic mass is 32.2. The van der Waals surface area contributed by atoms with Crippen LogP contribution in [0, 0.1) is 0 Å². The van der Waals surface area contributed by atoms with Gasteiger partial charge >= 0.3 is 5.97 Å². The van der Waals surface area contributed by atoms with Crippen molar-refractivity contribution in [2.75, 3.05) is 18.6 Å². The lowest BCUT2D eigenvalue weighted by atomic mass is 10.1. The van der Waals surface area contributed by atoms with E-state index >= 15 is 0 Å². The van der Waals surface area contributed by atoms with E-state index in [1.54, 1.807) is 11.8 Å². The van der Waals surface area contributed by atoms with Crippen molar-refractivity contribution in [1.82, 2.24) is 0 Å². The molecular weight excluding hydrogens is 256 g/mol. The highest BCUT2D eigenvalue weighted by Crippen LogP contribution is 2.10. The van der Waals surface area contributed by atoms with Crippen molar-refractivity contribution in [1.29, 1.82) is 0 Å². The third kappa shape index (κ3) is 15.8. The first-order valence-electron chi connectivity index (χ1n) is 7.95. The molecular formula is C16H32O2S. The fraction of sp³-hybridized carbons (Fsp3) is 0.938. The molecule has 0 atom stereocenters. The molecule has 0 aliphatic carbocycles. The van der Waals surface area contributed by atoms with E-state index in [9.17, 15) is 4.79 Å². The van der Waals surface area contributed by atoms with Gasteiger partial charge in [-0.2, -0.15) is 11.8 Å². The largest absolute Gasteiger partial charge is 0.466 e. The summed E-state index contributed by atoms with van der Waals surface area (Å²) in [6.07, 6.45) is 15.7. The van der Waals surface area contributed by atoms with Crippen LogP contribution in [0.1, 0.15) is 77.6 Å². The van der Waals surface area contributed by atoms with Gasteiger partial charge in [-0.1, -0.05) is 64.7 Å². The van der Waals surface area contributed by atoms with Crippen LogP contribution in [-0.4, -0.2) is 24.6 Å². The summed E-state index contributed by atoms with van der Waals surface area (Å²) in [4.78, 5) is 11.2. The van der Waals surface area contributed by atoms with Crippen molar-refractivity contribution >= 4 is 17.7 Å². The molecule has 0 fully saturated rings. The molecule has 0 rings (SSSR count). The van der Waals surface area contributed by atoms with Crippen molar-refractivity contribution in [3.05, 3.63) is 0 Å². The maximum atomic E-state index is 11.2. The Morgan fingerprint density at radius 1 is 0.895 bits per heavy atom. The Labute approximate surface area is 124 Å². The van der Waals surface area contributed by atoms with E-state index in [4.69, 9.17) is 4.74 Å². The second-order valence-electron chi connectivity index (χ2n) is 5.15. The van der Waals surface area contributed by atoms with E-state index in [0.717, 1.165) is 12.2 Å². The smallest absolute Gasteiger partial charge is 0.306 e. The second kappa shape index (κ2) is 15.9. The molecule has 0 unspecified atom stereocenters. The van der Waals surface area contributed by atoms with Gasteiger partial charge in [0.2, 0.25) is 0 Å². The van der Waals surface area contributed by atoms with Gasteiger partial charge in [0.15, 0.2) is 0 Å². The molecule has 0 aliphatic heterocycles. The van der Waals surface area contributed by atoms with Crippen LogP contribution in [0.25, 0.3) is 0 Å². The average Bonchev–Trinajstić information content (AvgIpc) is 2.42. The van der Waals surface area contributed by atoms with E-state index in [1.807, 2.05) is 6.26 Å². The van der Waals surface area contributed by atoms with Gasteiger partial charge in [-0.15, -0.1) is 0 Å². The van der Waals surface area contributed by atoms with Gasteiger partial charge in [-0.05, 0) is 12.7 Å². The summed E-state index contributed by atoms with van der Waals surface area (Å²) in [5.41, 5.74) is 0. The van der Waals surface area contributed by atoms with E-state index < -0.39 is 0 Å². The molecule has 0 saturated carbocycles. The Kier molecular flexibility index (Phi) is 15.7. The van der Waals surface area contributed by atoms with Crippen molar-refractivity contribution in [2.45, 2.75) is 77.6 Å². The van der Waals surface area contributed by atoms with Gasteiger partial charge in [0.1, 0.15) is 0 Å². The molecule has 19 heavy (non-hydrogen) atoms. The quantitative estimate of drug-likeness (QED) is 0.324. The Morgan fingerprint density at radius 2 is 1.42 bits per heavy atom.